The van der Waals surface area contributed by atoms with Crippen molar-refractivity contribution in [3.8, 4) is 0 Å². The van der Waals surface area contributed by atoms with E-state index >= 15 is 0 Å². The molecule has 0 saturated carbocycles. The number of hydrogen-bond acceptors (Lipinski definition) is 4. The van der Waals surface area contributed by atoms with Crippen molar-refractivity contribution in [2.45, 2.75) is 31.8 Å². The smallest absolute Gasteiger partial charge is 0.245 e. The van der Waals surface area contributed by atoms with Gasteiger partial charge < -0.3 is 15.5 Å². The minimum Gasteiger partial charge on any atom is -0.353 e. The Morgan fingerprint density at radius 2 is 1.96 bits per heavy atom. The Morgan fingerprint density at radius 3 is 2.61 bits per heavy atom. The summed E-state index contributed by atoms with van der Waals surface area (Å²) in [7, 11) is 0. The first kappa shape index (κ1) is 17.6. The number of nitrogens with zero attached hydrogens (tertiary/aromatic N) is 1. The summed E-state index contributed by atoms with van der Waals surface area (Å²) in [6.45, 7) is 2.68. The molecule has 0 unspecified atom stereocenters. The summed E-state index contributed by atoms with van der Waals surface area (Å²) in [4.78, 5) is 38.3. The van der Waals surface area contributed by atoms with Gasteiger partial charge in [-0.25, -0.2) is 0 Å². The molecule has 126 valence electrons. The maximum atomic E-state index is 12.6. The van der Waals surface area contributed by atoms with Crippen LogP contribution in [0.5, 0.6) is 0 Å². The van der Waals surface area contributed by atoms with Gasteiger partial charge in [-0.05, 0) is 19.8 Å². The lowest BCUT2D eigenvalue weighted by atomic mass is 10.1. The Balaban J connectivity index is 1.92. The number of carbonyl (C=O) groups excluding carboxylic acids is 3. The molecule has 2 N–H and O–H groups in total. The van der Waals surface area contributed by atoms with Crippen LogP contribution in [0.1, 0.15) is 19.8 Å². The molecule has 3 amide bonds. The van der Waals surface area contributed by atoms with Gasteiger partial charge in [0.15, 0.2) is 0 Å². The maximum Gasteiger partial charge on any atom is 0.245 e. The predicted molar refractivity (Wildman–Crippen MR) is 91.0 cm³/mol. The molecule has 2 rings (SSSR count). The molecule has 2 aliphatic rings. The fraction of sp³-hybridized carbons (Fsp3) is 0.562. The first-order valence-electron chi connectivity index (χ1n) is 7.89. The van der Waals surface area contributed by atoms with Gasteiger partial charge in [-0.3, -0.25) is 14.4 Å². The molecule has 1 heterocycles. The van der Waals surface area contributed by atoms with Crippen LogP contribution in [0.4, 0.5) is 0 Å². The second-order valence-electron chi connectivity index (χ2n) is 5.73. The van der Waals surface area contributed by atoms with Gasteiger partial charge in [0.25, 0.3) is 0 Å². The molecule has 0 bridgehead atoms. The van der Waals surface area contributed by atoms with Crippen molar-refractivity contribution in [3.63, 3.8) is 0 Å². The number of hydrogen-bond donors (Lipinski definition) is 3. The van der Waals surface area contributed by atoms with Crippen LogP contribution < -0.4 is 10.6 Å². The van der Waals surface area contributed by atoms with E-state index in [0.717, 1.165) is 6.42 Å². The largest absolute Gasteiger partial charge is 0.353 e. The van der Waals surface area contributed by atoms with Gasteiger partial charge in [0.2, 0.25) is 17.7 Å². The highest BCUT2D eigenvalue weighted by molar-refractivity contribution is 7.80. The van der Waals surface area contributed by atoms with Crippen LogP contribution >= 0.6 is 12.6 Å². The Labute approximate surface area is 141 Å². The summed E-state index contributed by atoms with van der Waals surface area (Å²) in [5.41, 5.74) is 0. The highest BCUT2D eigenvalue weighted by atomic mass is 32.1. The summed E-state index contributed by atoms with van der Waals surface area (Å²) >= 11 is 4.06. The number of thiol groups is 1. The molecular weight excluding hydrogens is 314 g/mol. The van der Waals surface area contributed by atoms with Crippen LogP contribution in [0.25, 0.3) is 0 Å². The molecule has 1 aliphatic heterocycles. The molecule has 2 atom stereocenters. The van der Waals surface area contributed by atoms with Gasteiger partial charge in [-0.15, -0.1) is 0 Å². The molecule has 0 radical (unpaired) electrons. The number of nitrogens with one attached hydrogen (secondary N) is 2. The first-order valence-corrected chi connectivity index (χ1v) is 8.52. The van der Waals surface area contributed by atoms with E-state index in [4.69, 9.17) is 0 Å². The average molecular weight is 337 g/mol. The van der Waals surface area contributed by atoms with Crippen molar-refractivity contribution >= 4 is 30.4 Å². The van der Waals surface area contributed by atoms with Gasteiger partial charge in [-0.1, -0.05) is 24.3 Å². The predicted octanol–water partition coefficient (Wildman–Crippen LogP) is 0.270. The quantitative estimate of drug-likeness (QED) is 0.609. The van der Waals surface area contributed by atoms with Crippen molar-refractivity contribution in [1.29, 1.82) is 0 Å². The van der Waals surface area contributed by atoms with Gasteiger partial charge in [0.1, 0.15) is 12.1 Å². The summed E-state index contributed by atoms with van der Waals surface area (Å²) in [5.74, 6) is -0.330. The van der Waals surface area contributed by atoms with Crippen LogP contribution in [-0.2, 0) is 14.4 Å². The molecule has 6 nitrogen and oxygen atoms in total. The van der Waals surface area contributed by atoms with Crippen LogP contribution in [-0.4, -0.2) is 53.5 Å². The fourth-order valence-corrected chi connectivity index (χ4v) is 2.94. The van der Waals surface area contributed by atoms with Gasteiger partial charge >= 0.3 is 0 Å². The summed E-state index contributed by atoms with van der Waals surface area (Å²) in [5, 5.41) is 5.49. The van der Waals surface area contributed by atoms with Crippen molar-refractivity contribution in [3.05, 3.63) is 24.3 Å². The van der Waals surface area contributed by atoms with E-state index < -0.39 is 12.1 Å². The van der Waals surface area contributed by atoms with E-state index in [-0.39, 0.29) is 23.6 Å². The molecular formula is C16H23N3O3S. The normalized spacial score (nSPS) is 21.5. The van der Waals surface area contributed by atoms with Crippen molar-refractivity contribution in [2.75, 3.05) is 18.8 Å². The second kappa shape index (κ2) is 8.19. The minimum absolute atomic E-state index is 0.148. The Bertz CT molecular complexity index is 521. The second-order valence-corrected chi connectivity index (χ2v) is 6.18. The van der Waals surface area contributed by atoms with E-state index in [9.17, 15) is 14.4 Å². The van der Waals surface area contributed by atoms with Crippen molar-refractivity contribution in [1.82, 2.24) is 15.5 Å². The Hall–Kier alpha value is -1.76. The zero-order valence-corrected chi connectivity index (χ0v) is 14.1. The van der Waals surface area contributed by atoms with Gasteiger partial charge in [0, 0.05) is 18.8 Å². The van der Waals surface area contributed by atoms with Crippen LogP contribution in [0, 0.1) is 5.92 Å². The van der Waals surface area contributed by atoms with Gasteiger partial charge in [0.05, 0.1) is 5.92 Å². The molecule has 7 heteroatoms. The van der Waals surface area contributed by atoms with E-state index in [0.29, 0.717) is 25.3 Å². The molecule has 23 heavy (non-hydrogen) atoms. The third-order valence-corrected chi connectivity index (χ3v) is 4.25. The lowest BCUT2D eigenvalue weighted by Crippen LogP contribution is -2.53. The van der Waals surface area contributed by atoms with Crippen molar-refractivity contribution < 1.29 is 14.4 Å². The molecule has 1 saturated heterocycles. The SMILES string of the molecule is C[C@H](NC(=O)C1C=CC=C1)C(=O)N1CCC[C@H]1C(=O)NCCS. The maximum absolute atomic E-state index is 12.6. The Kier molecular flexibility index (Phi) is 6.27. The summed E-state index contributed by atoms with van der Waals surface area (Å²) in [6.07, 6.45) is 8.60. The molecule has 0 aromatic heterocycles. The van der Waals surface area contributed by atoms with Crippen LogP contribution in [0.3, 0.4) is 0 Å². The number of amides is 3. The van der Waals surface area contributed by atoms with Gasteiger partial charge in [-0.2, -0.15) is 12.6 Å². The zero-order chi connectivity index (χ0) is 16.8. The third-order valence-electron chi connectivity index (χ3n) is 4.03. The highest BCUT2D eigenvalue weighted by Gasteiger charge is 2.36. The number of carbonyl (C=O) groups is 3. The lowest BCUT2D eigenvalue weighted by Gasteiger charge is -2.27. The standard InChI is InChI=1S/C16H23N3O3S/c1-11(18-14(20)12-5-2-3-6-12)16(22)19-9-4-7-13(19)15(21)17-8-10-23/h2-3,5-6,11-13,23H,4,7-10H2,1H3,(H,17,21)(H,18,20)/t11-,13-/m0/s1. The molecule has 1 aliphatic carbocycles. The molecule has 0 aromatic rings. The van der Waals surface area contributed by atoms with Crippen LogP contribution in [0.2, 0.25) is 0 Å². The molecule has 0 aromatic carbocycles. The summed E-state index contributed by atoms with van der Waals surface area (Å²) < 4.78 is 0. The van der Waals surface area contributed by atoms with E-state index in [1.807, 2.05) is 0 Å². The van der Waals surface area contributed by atoms with E-state index in [1.165, 1.54) is 0 Å². The number of likely N-dealkylation sites (tertiary alicyclic amines) is 1. The molecule has 0 spiro atoms. The van der Waals surface area contributed by atoms with Crippen molar-refractivity contribution in [2.24, 2.45) is 5.92 Å². The minimum atomic E-state index is -0.650. The monoisotopic (exact) mass is 337 g/mol. The van der Waals surface area contributed by atoms with Crippen LogP contribution in [0.15, 0.2) is 24.3 Å². The van der Waals surface area contributed by atoms with E-state index in [1.54, 1.807) is 36.1 Å². The third kappa shape index (κ3) is 4.37. The highest BCUT2D eigenvalue weighted by Crippen LogP contribution is 2.19. The number of allylic oxidation sites excluding steroid dienone is 2. The topological polar surface area (TPSA) is 78.5 Å². The first-order chi connectivity index (χ1) is 11.0. The zero-order valence-electron chi connectivity index (χ0n) is 13.2. The molecule has 1 fully saturated rings. The van der Waals surface area contributed by atoms with E-state index in [2.05, 4.69) is 23.3 Å². The lowest BCUT2D eigenvalue weighted by molar-refractivity contribution is -0.141. The fourth-order valence-electron chi connectivity index (χ4n) is 2.83. The Morgan fingerprint density at radius 1 is 1.26 bits per heavy atom. The number of rotatable bonds is 6. The summed E-state index contributed by atoms with van der Waals surface area (Å²) in [6, 6.07) is -1.10. The average Bonchev–Trinajstić information content (AvgIpc) is 3.22.